The molecule has 0 fully saturated rings. The molecular weight excluding hydrogens is 205 g/mol. The fourth-order valence-electron chi connectivity index (χ4n) is 1.85. The molecule has 16 heavy (non-hydrogen) atoms. The predicted molar refractivity (Wildman–Crippen MR) is 64.0 cm³/mol. The van der Waals surface area contributed by atoms with E-state index in [9.17, 15) is 9.50 Å². The Kier molecular flexibility index (Phi) is 4.74. The molecule has 1 aromatic carbocycles. The molecule has 3 heteroatoms. The van der Waals surface area contributed by atoms with E-state index in [-0.39, 0.29) is 11.8 Å². The first kappa shape index (κ1) is 13.0. The summed E-state index contributed by atoms with van der Waals surface area (Å²) in [4.78, 5) is 0. The molecule has 1 aromatic rings. The van der Waals surface area contributed by atoms with Crippen molar-refractivity contribution in [3.8, 4) is 5.75 Å². The van der Waals surface area contributed by atoms with Gasteiger partial charge in [-0.3, -0.25) is 0 Å². The second-order valence-corrected chi connectivity index (χ2v) is 4.10. The van der Waals surface area contributed by atoms with Crippen LogP contribution >= 0.6 is 0 Å². The third-order valence-electron chi connectivity index (χ3n) is 2.93. The number of aromatic hydroxyl groups is 1. The SMILES string of the molecule is CCC(CC)NC(C)c1ccc(F)cc1O. The van der Waals surface area contributed by atoms with Crippen molar-refractivity contribution in [2.24, 2.45) is 0 Å². The fourth-order valence-corrected chi connectivity index (χ4v) is 1.85. The summed E-state index contributed by atoms with van der Waals surface area (Å²) in [5.41, 5.74) is 0.744. The number of nitrogens with one attached hydrogen (secondary N) is 1. The van der Waals surface area contributed by atoms with Gasteiger partial charge in [-0.05, 0) is 25.8 Å². The zero-order chi connectivity index (χ0) is 12.1. The van der Waals surface area contributed by atoms with Gasteiger partial charge in [-0.2, -0.15) is 0 Å². The molecule has 0 amide bonds. The summed E-state index contributed by atoms with van der Waals surface area (Å²) in [6, 6.07) is 4.62. The Hall–Kier alpha value is -1.09. The van der Waals surface area contributed by atoms with Crippen molar-refractivity contribution in [3.63, 3.8) is 0 Å². The topological polar surface area (TPSA) is 32.3 Å². The van der Waals surface area contributed by atoms with Gasteiger partial charge in [0.2, 0.25) is 0 Å². The van der Waals surface area contributed by atoms with Gasteiger partial charge in [0.15, 0.2) is 0 Å². The Balaban J connectivity index is 2.76. The highest BCUT2D eigenvalue weighted by molar-refractivity contribution is 5.34. The van der Waals surface area contributed by atoms with Gasteiger partial charge in [0.05, 0.1) is 0 Å². The maximum atomic E-state index is 12.8. The first-order chi connectivity index (χ1) is 7.58. The van der Waals surface area contributed by atoms with E-state index in [1.165, 1.54) is 6.07 Å². The Morgan fingerprint density at radius 2 is 1.94 bits per heavy atom. The molecule has 1 rings (SSSR count). The van der Waals surface area contributed by atoms with Crippen molar-refractivity contribution in [2.45, 2.75) is 45.7 Å². The van der Waals surface area contributed by atoms with Crippen LogP contribution in [0.4, 0.5) is 4.39 Å². The molecular formula is C13H20FNO. The van der Waals surface area contributed by atoms with E-state index in [2.05, 4.69) is 19.2 Å². The average molecular weight is 225 g/mol. The quantitative estimate of drug-likeness (QED) is 0.805. The summed E-state index contributed by atoms with van der Waals surface area (Å²) < 4.78 is 12.8. The number of hydrogen-bond acceptors (Lipinski definition) is 2. The zero-order valence-electron chi connectivity index (χ0n) is 10.1. The number of phenols is 1. The molecule has 0 saturated carbocycles. The van der Waals surface area contributed by atoms with Crippen LogP contribution in [0.1, 0.15) is 45.2 Å². The minimum Gasteiger partial charge on any atom is -0.508 e. The van der Waals surface area contributed by atoms with Crippen LogP contribution in [-0.2, 0) is 0 Å². The lowest BCUT2D eigenvalue weighted by Gasteiger charge is -2.22. The smallest absolute Gasteiger partial charge is 0.126 e. The van der Waals surface area contributed by atoms with Gasteiger partial charge < -0.3 is 10.4 Å². The van der Waals surface area contributed by atoms with E-state index in [0.717, 1.165) is 24.5 Å². The van der Waals surface area contributed by atoms with Gasteiger partial charge >= 0.3 is 0 Å². The third-order valence-corrected chi connectivity index (χ3v) is 2.93. The van der Waals surface area contributed by atoms with Crippen LogP contribution in [-0.4, -0.2) is 11.1 Å². The lowest BCUT2D eigenvalue weighted by molar-refractivity contribution is 0.409. The maximum Gasteiger partial charge on any atom is 0.126 e. The highest BCUT2D eigenvalue weighted by Crippen LogP contribution is 2.25. The summed E-state index contributed by atoms with van der Waals surface area (Å²) in [5.74, 6) is -0.387. The monoisotopic (exact) mass is 225 g/mol. The number of benzene rings is 1. The van der Waals surface area contributed by atoms with Gasteiger partial charge in [0.25, 0.3) is 0 Å². The van der Waals surface area contributed by atoms with E-state index in [1.54, 1.807) is 6.07 Å². The summed E-state index contributed by atoms with van der Waals surface area (Å²) in [7, 11) is 0. The van der Waals surface area contributed by atoms with Gasteiger partial charge in [-0.1, -0.05) is 19.9 Å². The Bertz CT molecular complexity index is 337. The molecule has 0 radical (unpaired) electrons. The highest BCUT2D eigenvalue weighted by atomic mass is 19.1. The Labute approximate surface area is 96.5 Å². The normalized spacial score (nSPS) is 13.1. The minimum absolute atomic E-state index is 0.0194. The lowest BCUT2D eigenvalue weighted by atomic mass is 10.0. The van der Waals surface area contributed by atoms with Crippen molar-refractivity contribution in [2.75, 3.05) is 0 Å². The molecule has 0 bridgehead atoms. The van der Waals surface area contributed by atoms with Crippen LogP contribution in [0.2, 0.25) is 0 Å². The third kappa shape index (κ3) is 3.20. The van der Waals surface area contributed by atoms with Crippen molar-refractivity contribution in [1.29, 1.82) is 0 Å². The highest BCUT2D eigenvalue weighted by Gasteiger charge is 2.13. The summed E-state index contributed by atoms with van der Waals surface area (Å²) in [6.45, 7) is 6.22. The van der Waals surface area contributed by atoms with Crippen LogP contribution in [0, 0.1) is 5.82 Å². The van der Waals surface area contributed by atoms with Gasteiger partial charge in [-0.25, -0.2) is 4.39 Å². The van der Waals surface area contributed by atoms with Crippen molar-refractivity contribution < 1.29 is 9.50 Å². The van der Waals surface area contributed by atoms with Crippen LogP contribution < -0.4 is 5.32 Å². The zero-order valence-corrected chi connectivity index (χ0v) is 10.1. The van der Waals surface area contributed by atoms with E-state index < -0.39 is 5.82 Å². The number of hydrogen-bond donors (Lipinski definition) is 2. The summed E-state index contributed by atoms with van der Waals surface area (Å²) in [6.07, 6.45) is 2.09. The molecule has 0 spiro atoms. The van der Waals surface area contributed by atoms with Crippen molar-refractivity contribution in [1.82, 2.24) is 5.32 Å². The maximum absolute atomic E-state index is 12.8. The standard InChI is InChI=1S/C13H20FNO/c1-4-11(5-2)15-9(3)12-7-6-10(14)8-13(12)16/h6-9,11,15-16H,4-5H2,1-3H3. The van der Waals surface area contributed by atoms with Gasteiger partial charge in [-0.15, -0.1) is 0 Å². The van der Waals surface area contributed by atoms with Crippen LogP contribution in [0.25, 0.3) is 0 Å². The first-order valence-corrected chi connectivity index (χ1v) is 5.82. The number of rotatable bonds is 5. The molecule has 90 valence electrons. The van der Waals surface area contributed by atoms with Crippen molar-refractivity contribution >= 4 is 0 Å². The van der Waals surface area contributed by atoms with E-state index in [1.807, 2.05) is 6.92 Å². The molecule has 0 saturated heterocycles. The predicted octanol–water partition coefficient (Wildman–Crippen LogP) is 3.37. The molecule has 0 aromatic heterocycles. The van der Waals surface area contributed by atoms with E-state index in [4.69, 9.17) is 0 Å². The van der Waals surface area contributed by atoms with Crippen LogP contribution in [0.5, 0.6) is 5.75 Å². The Morgan fingerprint density at radius 1 is 1.31 bits per heavy atom. The van der Waals surface area contributed by atoms with Gasteiger partial charge in [0, 0.05) is 23.7 Å². The van der Waals surface area contributed by atoms with E-state index in [0.29, 0.717) is 6.04 Å². The molecule has 1 unspecified atom stereocenters. The number of phenolic OH excluding ortho intramolecular Hbond substituents is 1. The fraction of sp³-hybridized carbons (Fsp3) is 0.538. The molecule has 2 nitrogen and oxygen atoms in total. The minimum atomic E-state index is -0.406. The largest absolute Gasteiger partial charge is 0.508 e. The molecule has 0 aliphatic rings. The van der Waals surface area contributed by atoms with E-state index >= 15 is 0 Å². The molecule has 1 atom stereocenters. The second-order valence-electron chi connectivity index (χ2n) is 4.10. The van der Waals surface area contributed by atoms with Gasteiger partial charge in [0.1, 0.15) is 11.6 Å². The summed E-state index contributed by atoms with van der Waals surface area (Å²) >= 11 is 0. The number of halogens is 1. The first-order valence-electron chi connectivity index (χ1n) is 5.82. The molecule has 0 aliphatic carbocycles. The lowest BCUT2D eigenvalue weighted by Crippen LogP contribution is -2.30. The van der Waals surface area contributed by atoms with Crippen LogP contribution in [0.15, 0.2) is 18.2 Å². The van der Waals surface area contributed by atoms with Crippen molar-refractivity contribution in [3.05, 3.63) is 29.6 Å². The average Bonchev–Trinajstić information content (AvgIpc) is 2.25. The molecule has 0 heterocycles. The van der Waals surface area contributed by atoms with Crippen LogP contribution in [0.3, 0.4) is 0 Å². The molecule has 0 aliphatic heterocycles. The molecule has 2 N–H and O–H groups in total. The Morgan fingerprint density at radius 3 is 2.44 bits per heavy atom. The summed E-state index contributed by atoms with van der Waals surface area (Å²) in [5, 5.41) is 13.1. The second kappa shape index (κ2) is 5.85.